The summed E-state index contributed by atoms with van der Waals surface area (Å²) in [6.07, 6.45) is 3.96. The van der Waals surface area contributed by atoms with E-state index in [-0.39, 0.29) is 11.1 Å². The van der Waals surface area contributed by atoms with E-state index >= 15 is 0 Å². The zero-order chi connectivity index (χ0) is 15.5. The number of benzene rings is 1. The molecule has 1 aliphatic heterocycles. The molecule has 21 heavy (non-hydrogen) atoms. The number of hydrogen-bond donors (Lipinski definition) is 2. The summed E-state index contributed by atoms with van der Waals surface area (Å²) in [5.74, 6) is 0. The van der Waals surface area contributed by atoms with E-state index < -0.39 is 0 Å². The first-order valence-electron chi connectivity index (χ1n) is 7.52. The van der Waals surface area contributed by atoms with Crippen molar-refractivity contribution in [1.82, 2.24) is 10.6 Å². The fourth-order valence-electron chi connectivity index (χ4n) is 3.44. The van der Waals surface area contributed by atoms with Crippen LogP contribution >= 0.6 is 0 Å². The Bertz CT molecular complexity index is 534. The predicted molar refractivity (Wildman–Crippen MR) is 87.5 cm³/mol. The predicted octanol–water partition coefficient (Wildman–Crippen LogP) is 3.45. The molecule has 0 spiro atoms. The van der Waals surface area contributed by atoms with Crippen LogP contribution in [-0.4, -0.2) is 17.1 Å². The second-order valence-electron chi connectivity index (χ2n) is 7.20. The average molecular weight is 283 g/mol. The zero-order valence-corrected chi connectivity index (χ0v) is 13.4. The Morgan fingerprint density at radius 3 is 2.29 bits per heavy atom. The molecular formula is C18H25N3. The lowest BCUT2D eigenvalue weighted by Crippen LogP contribution is -2.61. The molecule has 3 nitrogen and oxygen atoms in total. The van der Waals surface area contributed by atoms with Crippen LogP contribution in [0.4, 0.5) is 0 Å². The standard InChI is InChI=1S/C18H25N3/c1-17(2)10-16(11-18(3,4)21-17)20-13-15(12-19)14-8-6-5-7-9-14/h5-9,13,16,20-21H,10-11H2,1-4H3. The highest BCUT2D eigenvalue weighted by Crippen LogP contribution is 2.28. The summed E-state index contributed by atoms with van der Waals surface area (Å²) in [7, 11) is 0. The van der Waals surface area contributed by atoms with Gasteiger partial charge in [0.1, 0.15) is 6.07 Å². The minimum absolute atomic E-state index is 0.104. The number of nitrogens with one attached hydrogen (secondary N) is 2. The Kier molecular flexibility index (Phi) is 4.39. The molecule has 112 valence electrons. The number of nitriles is 1. The summed E-state index contributed by atoms with van der Waals surface area (Å²) in [5, 5.41) is 16.5. The number of hydrogen-bond acceptors (Lipinski definition) is 3. The topological polar surface area (TPSA) is 47.9 Å². The quantitative estimate of drug-likeness (QED) is 0.835. The van der Waals surface area contributed by atoms with Crippen molar-refractivity contribution in [3.05, 3.63) is 42.1 Å². The molecular weight excluding hydrogens is 258 g/mol. The summed E-state index contributed by atoms with van der Waals surface area (Å²) in [6.45, 7) is 8.92. The van der Waals surface area contributed by atoms with Gasteiger partial charge in [0.2, 0.25) is 0 Å². The van der Waals surface area contributed by atoms with E-state index in [1.807, 2.05) is 36.5 Å². The number of rotatable bonds is 3. The van der Waals surface area contributed by atoms with Crippen molar-refractivity contribution in [2.75, 3.05) is 0 Å². The average Bonchev–Trinajstić information content (AvgIpc) is 2.37. The third-order valence-corrected chi connectivity index (χ3v) is 3.86. The van der Waals surface area contributed by atoms with E-state index in [1.165, 1.54) is 0 Å². The summed E-state index contributed by atoms with van der Waals surface area (Å²) >= 11 is 0. The van der Waals surface area contributed by atoms with Crippen LogP contribution in [0.5, 0.6) is 0 Å². The molecule has 1 heterocycles. The van der Waals surface area contributed by atoms with Gasteiger partial charge in [0.05, 0.1) is 5.57 Å². The lowest BCUT2D eigenvalue weighted by atomic mass is 9.79. The van der Waals surface area contributed by atoms with Gasteiger partial charge < -0.3 is 10.6 Å². The van der Waals surface area contributed by atoms with E-state index in [9.17, 15) is 5.26 Å². The zero-order valence-electron chi connectivity index (χ0n) is 13.4. The molecule has 1 aromatic rings. The fourth-order valence-corrected chi connectivity index (χ4v) is 3.44. The third kappa shape index (κ3) is 4.34. The van der Waals surface area contributed by atoms with E-state index in [2.05, 4.69) is 44.4 Å². The maximum Gasteiger partial charge on any atom is 0.101 e. The van der Waals surface area contributed by atoms with Gasteiger partial charge in [0.25, 0.3) is 0 Å². The van der Waals surface area contributed by atoms with Crippen LogP contribution in [0.3, 0.4) is 0 Å². The SMILES string of the molecule is CC1(C)CC(NC=C(C#N)c2ccccc2)CC(C)(C)N1. The van der Waals surface area contributed by atoms with E-state index in [0.717, 1.165) is 18.4 Å². The van der Waals surface area contributed by atoms with Crippen LogP contribution in [0, 0.1) is 11.3 Å². The summed E-state index contributed by atoms with van der Waals surface area (Å²) in [6, 6.07) is 12.5. The van der Waals surface area contributed by atoms with E-state index in [0.29, 0.717) is 11.6 Å². The molecule has 2 N–H and O–H groups in total. The van der Waals surface area contributed by atoms with E-state index in [4.69, 9.17) is 0 Å². The fraction of sp³-hybridized carbons (Fsp3) is 0.500. The van der Waals surface area contributed by atoms with Gasteiger partial charge in [0.15, 0.2) is 0 Å². The van der Waals surface area contributed by atoms with Crippen molar-refractivity contribution in [2.24, 2.45) is 0 Å². The minimum Gasteiger partial charge on any atom is -0.387 e. The Balaban J connectivity index is 2.11. The molecule has 0 aliphatic carbocycles. The van der Waals surface area contributed by atoms with Crippen LogP contribution in [0.15, 0.2) is 36.5 Å². The third-order valence-electron chi connectivity index (χ3n) is 3.86. The summed E-state index contributed by atoms with van der Waals surface area (Å²) in [4.78, 5) is 0. The maximum atomic E-state index is 9.34. The second kappa shape index (κ2) is 5.91. The highest BCUT2D eigenvalue weighted by molar-refractivity contribution is 5.76. The molecule has 1 aliphatic rings. The second-order valence-corrected chi connectivity index (χ2v) is 7.20. The van der Waals surface area contributed by atoms with Gasteiger partial charge in [-0.2, -0.15) is 5.26 Å². The lowest BCUT2D eigenvalue weighted by Gasteiger charge is -2.46. The first-order chi connectivity index (χ1) is 9.81. The largest absolute Gasteiger partial charge is 0.387 e. The molecule has 0 amide bonds. The van der Waals surface area contributed by atoms with Crippen LogP contribution < -0.4 is 10.6 Å². The molecule has 1 aromatic carbocycles. The first-order valence-corrected chi connectivity index (χ1v) is 7.52. The Hall–Kier alpha value is -1.79. The Morgan fingerprint density at radius 2 is 1.76 bits per heavy atom. The van der Waals surface area contributed by atoms with Crippen LogP contribution in [0.25, 0.3) is 5.57 Å². The molecule has 0 aromatic heterocycles. The molecule has 1 fully saturated rings. The highest BCUT2D eigenvalue weighted by atomic mass is 15.1. The molecule has 0 atom stereocenters. The van der Waals surface area contributed by atoms with Gasteiger partial charge in [-0.05, 0) is 46.1 Å². The first kappa shape index (κ1) is 15.6. The van der Waals surface area contributed by atoms with Gasteiger partial charge in [-0.15, -0.1) is 0 Å². The van der Waals surface area contributed by atoms with Gasteiger partial charge >= 0.3 is 0 Å². The van der Waals surface area contributed by atoms with E-state index in [1.54, 1.807) is 0 Å². The normalized spacial score (nSPS) is 21.6. The molecule has 0 unspecified atom stereocenters. The maximum absolute atomic E-state index is 9.34. The van der Waals surface area contributed by atoms with Crippen molar-refractivity contribution in [2.45, 2.75) is 57.7 Å². The van der Waals surface area contributed by atoms with Crippen molar-refractivity contribution in [3.8, 4) is 6.07 Å². The van der Waals surface area contributed by atoms with Crippen molar-refractivity contribution in [1.29, 1.82) is 5.26 Å². The summed E-state index contributed by atoms with van der Waals surface area (Å²) < 4.78 is 0. The molecule has 0 bridgehead atoms. The van der Waals surface area contributed by atoms with Crippen LogP contribution in [-0.2, 0) is 0 Å². The van der Waals surface area contributed by atoms with Crippen molar-refractivity contribution in [3.63, 3.8) is 0 Å². The van der Waals surface area contributed by atoms with Crippen LogP contribution in [0.2, 0.25) is 0 Å². The molecule has 3 heteroatoms. The van der Waals surface area contributed by atoms with Crippen molar-refractivity contribution < 1.29 is 0 Å². The minimum atomic E-state index is 0.104. The smallest absolute Gasteiger partial charge is 0.101 e. The molecule has 2 rings (SSSR count). The van der Waals surface area contributed by atoms with Gasteiger partial charge in [-0.3, -0.25) is 0 Å². The van der Waals surface area contributed by atoms with Gasteiger partial charge in [0, 0.05) is 23.3 Å². The van der Waals surface area contributed by atoms with Gasteiger partial charge in [-0.25, -0.2) is 0 Å². The number of nitrogens with zero attached hydrogens (tertiary/aromatic N) is 1. The number of allylic oxidation sites excluding steroid dienone is 1. The molecule has 1 saturated heterocycles. The Labute approximate surface area is 128 Å². The highest BCUT2D eigenvalue weighted by Gasteiger charge is 2.37. The lowest BCUT2D eigenvalue weighted by molar-refractivity contribution is 0.153. The Morgan fingerprint density at radius 1 is 1.19 bits per heavy atom. The van der Waals surface area contributed by atoms with Crippen LogP contribution in [0.1, 0.15) is 46.1 Å². The number of piperidine rings is 1. The monoisotopic (exact) mass is 283 g/mol. The van der Waals surface area contributed by atoms with Crippen molar-refractivity contribution >= 4 is 5.57 Å². The summed E-state index contributed by atoms with van der Waals surface area (Å²) in [5.41, 5.74) is 1.85. The molecule has 0 saturated carbocycles. The van der Waals surface area contributed by atoms with Gasteiger partial charge in [-0.1, -0.05) is 30.3 Å². The molecule has 0 radical (unpaired) electrons.